The van der Waals surface area contributed by atoms with E-state index in [2.05, 4.69) is 24.1 Å². The van der Waals surface area contributed by atoms with Crippen molar-refractivity contribution in [3.05, 3.63) is 23.8 Å². The zero-order valence-electron chi connectivity index (χ0n) is 11.6. The third kappa shape index (κ3) is 2.09. The fourth-order valence-corrected chi connectivity index (χ4v) is 3.66. The van der Waals surface area contributed by atoms with Gasteiger partial charge in [-0.15, -0.1) is 0 Å². The SMILES string of the molecule is CC1(C)C2CNCC2CN1Cc1ccc(O)c(O)c1. The summed E-state index contributed by atoms with van der Waals surface area (Å²) in [5.41, 5.74) is 1.23. The van der Waals surface area contributed by atoms with E-state index < -0.39 is 0 Å². The Morgan fingerprint density at radius 3 is 2.74 bits per heavy atom. The average Bonchev–Trinajstić information content (AvgIpc) is 2.89. The van der Waals surface area contributed by atoms with Crippen LogP contribution in [0.25, 0.3) is 0 Å². The van der Waals surface area contributed by atoms with Crippen molar-refractivity contribution in [3.8, 4) is 11.5 Å². The third-order valence-electron chi connectivity index (χ3n) is 4.93. The normalized spacial score (nSPS) is 29.6. The number of nitrogens with zero attached hydrogens (tertiary/aromatic N) is 1. The van der Waals surface area contributed by atoms with Gasteiger partial charge in [-0.3, -0.25) is 4.90 Å². The predicted octanol–water partition coefficient (Wildman–Crippen LogP) is 1.53. The van der Waals surface area contributed by atoms with Crippen LogP contribution in [0.5, 0.6) is 11.5 Å². The molecule has 0 aliphatic carbocycles. The Labute approximate surface area is 114 Å². The second-order valence-electron chi connectivity index (χ2n) is 6.38. The molecular formula is C15H22N2O2. The number of likely N-dealkylation sites (tertiary alicyclic amines) is 1. The topological polar surface area (TPSA) is 55.7 Å². The number of phenols is 2. The molecule has 0 aromatic heterocycles. The molecule has 0 saturated carbocycles. The molecule has 2 heterocycles. The Morgan fingerprint density at radius 1 is 1.26 bits per heavy atom. The maximum Gasteiger partial charge on any atom is 0.157 e. The van der Waals surface area contributed by atoms with Gasteiger partial charge in [-0.2, -0.15) is 0 Å². The van der Waals surface area contributed by atoms with Crippen LogP contribution in [0.1, 0.15) is 19.4 Å². The highest BCUT2D eigenvalue weighted by Gasteiger charge is 2.49. The number of hydrogen-bond donors (Lipinski definition) is 3. The lowest BCUT2D eigenvalue weighted by atomic mass is 9.85. The Balaban J connectivity index is 1.78. The van der Waals surface area contributed by atoms with E-state index in [0.717, 1.165) is 37.7 Å². The lowest BCUT2D eigenvalue weighted by Gasteiger charge is -2.35. The summed E-state index contributed by atoms with van der Waals surface area (Å²) in [7, 11) is 0. The van der Waals surface area contributed by atoms with Crippen LogP contribution in [-0.2, 0) is 6.54 Å². The molecule has 2 saturated heterocycles. The molecule has 19 heavy (non-hydrogen) atoms. The highest BCUT2D eigenvalue weighted by Crippen LogP contribution is 2.41. The highest BCUT2D eigenvalue weighted by molar-refractivity contribution is 5.40. The molecule has 2 aliphatic rings. The fraction of sp³-hybridized carbons (Fsp3) is 0.600. The smallest absolute Gasteiger partial charge is 0.157 e. The average molecular weight is 262 g/mol. The van der Waals surface area contributed by atoms with E-state index in [4.69, 9.17) is 0 Å². The van der Waals surface area contributed by atoms with Crippen molar-refractivity contribution in [1.29, 1.82) is 0 Å². The maximum absolute atomic E-state index is 9.59. The number of benzene rings is 1. The van der Waals surface area contributed by atoms with Gasteiger partial charge in [0.15, 0.2) is 11.5 Å². The van der Waals surface area contributed by atoms with Crippen molar-refractivity contribution in [1.82, 2.24) is 10.2 Å². The van der Waals surface area contributed by atoms with Gasteiger partial charge in [0.25, 0.3) is 0 Å². The maximum atomic E-state index is 9.59. The van der Waals surface area contributed by atoms with Crippen LogP contribution in [0.15, 0.2) is 18.2 Å². The number of fused-ring (bicyclic) bond motifs is 1. The van der Waals surface area contributed by atoms with Crippen LogP contribution in [0.3, 0.4) is 0 Å². The first-order chi connectivity index (χ1) is 8.98. The van der Waals surface area contributed by atoms with Crippen LogP contribution in [0, 0.1) is 11.8 Å². The Morgan fingerprint density at radius 2 is 2.05 bits per heavy atom. The quantitative estimate of drug-likeness (QED) is 0.708. The lowest BCUT2D eigenvalue weighted by molar-refractivity contribution is 0.132. The summed E-state index contributed by atoms with van der Waals surface area (Å²) in [6.07, 6.45) is 0. The van der Waals surface area contributed by atoms with Crippen molar-refractivity contribution >= 4 is 0 Å². The van der Waals surface area contributed by atoms with Gasteiger partial charge in [-0.25, -0.2) is 0 Å². The number of rotatable bonds is 2. The van der Waals surface area contributed by atoms with E-state index in [9.17, 15) is 10.2 Å². The monoisotopic (exact) mass is 262 g/mol. The lowest BCUT2D eigenvalue weighted by Crippen LogP contribution is -2.43. The summed E-state index contributed by atoms with van der Waals surface area (Å²) < 4.78 is 0. The van der Waals surface area contributed by atoms with Crippen LogP contribution in [0.4, 0.5) is 0 Å². The Bertz CT molecular complexity index is 487. The molecule has 0 spiro atoms. The van der Waals surface area contributed by atoms with Gasteiger partial charge in [-0.05, 0) is 49.9 Å². The molecule has 2 unspecified atom stereocenters. The zero-order valence-corrected chi connectivity index (χ0v) is 11.6. The third-order valence-corrected chi connectivity index (χ3v) is 4.93. The molecule has 2 aliphatic heterocycles. The van der Waals surface area contributed by atoms with Crippen LogP contribution in [0.2, 0.25) is 0 Å². The highest BCUT2D eigenvalue weighted by atomic mass is 16.3. The van der Waals surface area contributed by atoms with E-state index in [1.165, 1.54) is 0 Å². The van der Waals surface area contributed by atoms with Crippen molar-refractivity contribution in [3.63, 3.8) is 0 Å². The van der Waals surface area contributed by atoms with E-state index >= 15 is 0 Å². The summed E-state index contributed by atoms with van der Waals surface area (Å²) in [5, 5.41) is 22.4. The summed E-state index contributed by atoms with van der Waals surface area (Å²) in [4.78, 5) is 2.50. The van der Waals surface area contributed by atoms with E-state index in [-0.39, 0.29) is 17.0 Å². The molecule has 4 nitrogen and oxygen atoms in total. The molecule has 4 heteroatoms. The summed E-state index contributed by atoms with van der Waals surface area (Å²) in [6, 6.07) is 5.12. The minimum Gasteiger partial charge on any atom is -0.504 e. The molecule has 0 amide bonds. The number of aromatic hydroxyl groups is 2. The van der Waals surface area contributed by atoms with Crippen molar-refractivity contribution < 1.29 is 10.2 Å². The van der Waals surface area contributed by atoms with Gasteiger partial charge in [0.1, 0.15) is 0 Å². The molecule has 3 N–H and O–H groups in total. The molecular weight excluding hydrogens is 240 g/mol. The van der Waals surface area contributed by atoms with E-state index in [1.54, 1.807) is 12.1 Å². The molecule has 0 radical (unpaired) electrons. The van der Waals surface area contributed by atoms with Crippen molar-refractivity contribution in [2.75, 3.05) is 19.6 Å². The van der Waals surface area contributed by atoms with Gasteiger partial charge in [0.05, 0.1) is 0 Å². The molecule has 104 valence electrons. The van der Waals surface area contributed by atoms with E-state index in [0.29, 0.717) is 5.92 Å². The van der Waals surface area contributed by atoms with Gasteiger partial charge in [0.2, 0.25) is 0 Å². The zero-order chi connectivity index (χ0) is 13.6. The number of hydrogen-bond acceptors (Lipinski definition) is 4. The van der Waals surface area contributed by atoms with Gasteiger partial charge in [-0.1, -0.05) is 6.07 Å². The van der Waals surface area contributed by atoms with Crippen molar-refractivity contribution in [2.45, 2.75) is 25.9 Å². The second-order valence-corrected chi connectivity index (χ2v) is 6.38. The van der Waals surface area contributed by atoms with Crippen molar-refractivity contribution in [2.24, 2.45) is 11.8 Å². The van der Waals surface area contributed by atoms with Gasteiger partial charge >= 0.3 is 0 Å². The molecule has 3 rings (SSSR count). The van der Waals surface area contributed by atoms with Gasteiger partial charge in [0, 0.05) is 25.2 Å². The molecule has 1 aromatic rings. The Kier molecular flexibility index (Phi) is 2.95. The van der Waals surface area contributed by atoms with Crippen LogP contribution in [-0.4, -0.2) is 40.3 Å². The minimum atomic E-state index is -0.0505. The predicted molar refractivity (Wildman–Crippen MR) is 74.1 cm³/mol. The standard InChI is InChI=1S/C15H22N2O2/c1-15(2)12-7-16-6-11(12)9-17(15)8-10-3-4-13(18)14(19)5-10/h3-5,11-12,16,18-19H,6-9H2,1-2H3. The van der Waals surface area contributed by atoms with E-state index in [1.807, 2.05) is 6.07 Å². The first-order valence-electron chi connectivity index (χ1n) is 6.95. The molecule has 2 atom stereocenters. The van der Waals surface area contributed by atoms with Crippen LogP contribution >= 0.6 is 0 Å². The summed E-state index contributed by atoms with van der Waals surface area (Å²) in [5.74, 6) is 1.36. The second kappa shape index (κ2) is 4.39. The van der Waals surface area contributed by atoms with Crippen LogP contribution < -0.4 is 5.32 Å². The summed E-state index contributed by atoms with van der Waals surface area (Å²) in [6.45, 7) is 8.77. The fourth-order valence-electron chi connectivity index (χ4n) is 3.66. The minimum absolute atomic E-state index is 0.0311. The Hall–Kier alpha value is -1.26. The summed E-state index contributed by atoms with van der Waals surface area (Å²) >= 11 is 0. The first kappa shape index (κ1) is 12.8. The first-order valence-corrected chi connectivity index (χ1v) is 6.95. The number of nitrogens with one attached hydrogen (secondary N) is 1. The van der Waals surface area contributed by atoms with Gasteiger partial charge < -0.3 is 15.5 Å². The number of phenolic OH excluding ortho intramolecular Hbond substituents is 2. The molecule has 1 aromatic carbocycles. The molecule has 0 bridgehead atoms. The molecule has 2 fully saturated rings. The largest absolute Gasteiger partial charge is 0.504 e.